The number of ether oxygens (including phenoxy) is 1. The second-order valence-corrected chi connectivity index (χ2v) is 7.98. The van der Waals surface area contributed by atoms with Crippen LogP contribution in [0, 0.1) is 6.92 Å². The minimum Gasteiger partial charge on any atom is -0.489 e. The average molecular weight is 401 g/mol. The third-order valence-electron chi connectivity index (χ3n) is 5.59. The van der Waals surface area contributed by atoms with Gasteiger partial charge in [0.15, 0.2) is 0 Å². The number of aryl methyl sites for hydroxylation is 1. The van der Waals surface area contributed by atoms with Crippen molar-refractivity contribution < 1.29 is 9.53 Å². The molecule has 0 aromatic heterocycles. The molecule has 2 aliphatic heterocycles. The van der Waals surface area contributed by atoms with E-state index in [0.717, 1.165) is 29.7 Å². The molecule has 2 bridgehead atoms. The maximum absolute atomic E-state index is 12.5. The first-order chi connectivity index (χ1) is 13.1. The normalized spacial score (nSPS) is 23.0. The Morgan fingerprint density at radius 2 is 1.79 bits per heavy atom. The fourth-order valence-electron chi connectivity index (χ4n) is 4.35. The molecule has 150 valence electrons. The number of hydrogen-bond acceptors (Lipinski definition) is 3. The number of benzene rings is 2. The molecule has 1 amide bonds. The van der Waals surface area contributed by atoms with Crippen LogP contribution < -0.4 is 15.4 Å². The van der Waals surface area contributed by atoms with Crippen molar-refractivity contribution in [2.24, 2.45) is 0 Å². The van der Waals surface area contributed by atoms with Crippen molar-refractivity contribution in [3.63, 3.8) is 0 Å². The highest BCUT2D eigenvalue weighted by atomic mass is 35.5. The summed E-state index contributed by atoms with van der Waals surface area (Å²) in [6.45, 7) is 2.62. The molecule has 2 N–H and O–H groups in total. The third kappa shape index (κ3) is 5.49. The molecule has 2 heterocycles. The summed E-state index contributed by atoms with van der Waals surface area (Å²) in [5.74, 6) is 0.916. The monoisotopic (exact) mass is 400 g/mol. The summed E-state index contributed by atoms with van der Waals surface area (Å²) in [6, 6.07) is 17.7. The van der Waals surface area contributed by atoms with Crippen LogP contribution in [0.25, 0.3) is 0 Å². The van der Waals surface area contributed by atoms with E-state index in [-0.39, 0.29) is 18.3 Å². The van der Waals surface area contributed by atoms with Crippen LogP contribution in [0.5, 0.6) is 5.75 Å². The maximum Gasteiger partial charge on any atom is 0.224 e. The van der Waals surface area contributed by atoms with Gasteiger partial charge in [-0.05, 0) is 55.9 Å². The minimum atomic E-state index is 0. The highest BCUT2D eigenvalue weighted by Crippen LogP contribution is 2.26. The van der Waals surface area contributed by atoms with E-state index in [2.05, 4.69) is 35.8 Å². The number of amides is 1. The van der Waals surface area contributed by atoms with Gasteiger partial charge < -0.3 is 15.4 Å². The van der Waals surface area contributed by atoms with E-state index in [1.807, 2.05) is 30.3 Å². The molecular weight excluding hydrogens is 372 g/mol. The van der Waals surface area contributed by atoms with E-state index in [4.69, 9.17) is 4.74 Å². The number of halogens is 1. The summed E-state index contributed by atoms with van der Waals surface area (Å²) in [5, 5.41) is 6.85. The first-order valence-electron chi connectivity index (χ1n) is 9.97. The predicted molar refractivity (Wildman–Crippen MR) is 114 cm³/mol. The Morgan fingerprint density at radius 3 is 2.54 bits per heavy atom. The standard InChI is InChI=1S/C23H28N2O2.ClH/c1-16-4-2-6-18(10-16)15-27-22-7-3-5-17(11-22)12-23(26)25-21-13-19-8-9-20(14-21)24-19;/h2-7,10-11,19-21,24H,8-9,12-15H2,1H3,(H,25,26);1H. The molecule has 2 unspecified atom stereocenters. The third-order valence-corrected chi connectivity index (χ3v) is 5.59. The zero-order chi connectivity index (χ0) is 18.6. The van der Waals surface area contributed by atoms with Crippen molar-refractivity contribution in [2.45, 2.75) is 63.8 Å². The Balaban J connectivity index is 0.00000225. The van der Waals surface area contributed by atoms with Crippen LogP contribution >= 0.6 is 12.4 Å². The molecule has 0 radical (unpaired) electrons. The Labute approximate surface area is 173 Å². The van der Waals surface area contributed by atoms with Gasteiger partial charge in [0.25, 0.3) is 0 Å². The van der Waals surface area contributed by atoms with Crippen LogP contribution in [0.1, 0.15) is 42.4 Å². The lowest BCUT2D eigenvalue weighted by atomic mass is 9.99. The Bertz CT molecular complexity index is 799. The van der Waals surface area contributed by atoms with Gasteiger partial charge >= 0.3 is 0 Å². The van der Waals surface area contributed by atoms with Gasteiger partial charge in [0, 0.05) is 18.1 Å². The van der Waals surface area contributed by atoms with Crippen LogP contribution in [0.2, 0.25) is 0 Å². The van der Waals surface area contributed by atoms with Crippen molar-refractivity contribution in [2.75, 3.05) is 0 Å². The highest BCUT2D eigenvalue weighted by Gasteiger charge is 2.33. The summed E-state index contributed by atoms with van der Waals surface area (Å²) in [7, 11) is 0. The highest BCUT2D eigenvalue weighted by molar-refractivity contribution is 5.85. The van der Waals surface area contributed by atoms with Gasteiger partial charge in [-0.25, -0.2) is 0 Å². The van der Waals surface area contributed by atoms with Crippen LogP contribution in [-0.2, 0) is 17.8 Å². The van der Waals surface area contributed by atoms with Crippen molar-refractivity contribution in [1.29, 1.82) is 0 Å². The minimum absolute atomic E-state index is 0. The summed E-state index contributed by atoms with van der Waals surface area (Å²) in [4.78, 5) is 12.5. The molecule has 2 atom stereocenters. The van der Waals surface area contributed by atoms with Crippen molar-refractivity contribution >= 4 is 18.3 Å². The number of carbonyl (C=O) groups excluding carboxylic acids is 1. The number of carbonyl (C=O) groups is 1. The molecule has 4 nitrogen and oxygen atoms in total. The Morgan fingerprint density at radius 1 is 1.07 bits per heavy atom. The average Bonchev–Trinajstić information content (AvgIpc) is 2.99. The van der Waals surface area contributed by atoms with E-state index < -0.39 is 0 Å². The molecule has 5 heteroatoms. The van der Waals surface area contributed by atoms with Gasteiger partial charge in [-0.3, -0.25) is 4.79 Å². The van der Waals surface area contributed by atoms with Gasteiger partial charge in [0.2, 0.25) is 5.91 Å². The maximum atomic E-state index is 12.5. The van der Waals surface area contributed by atoms with Gasteiger partial charge in [-0.1, -0.05) is 42.0 Å². The summed E-state index contributed by atoms with van der Waals surface area (Å²) in [6.07, 6.45) is 5.01. The topological polar surface area (TPSA) is 50.4 Å². The fraction of sp³-hybridized carbons (Fsp3) is 0.435. The molecule has 2 aromatic rings. The van der Waals surface area contributed by atoms with Crippen molar-refractivity contribution in [3.8, 4) is 5.75 Å². The summed E-state index contributed by atoms with van der Waals surface area (Å²) >= 11 is 0. The fourth-order valence-corrected chi connectivity index (χ4v) is 4.35. The summed E-state index contributed by atoms with van der Waals surface area (Å²) < 4.78 is 5.92. The van der Waals surface area contributed by atoms with Crippen LogP contribution in [-0.4, -0.2) is 24.0 Å². The first kappa shape index (κ1) is 20.7. The second-order valence-electron chi connectivity index (χ2n) is 7.98. The number of nitrogens with one attached hydrogen (secondary N) is 2. The van der Waals surface area contributed by atoms with Crippen molar-refractivity contribution in [3.05, 3.63) is 65.2 Å². The van der Waals surface area contributed by atoms with E-state index >= 15 is 0 Å². The molecule has 0 spiro atoms. The SMILES string of the molecule is Cc1cccc(COc2cccc(CC(=O)NC3CC4CCC(C3)N4)c2)c1.Cl. The van der Waals surface area contributed by atoms with Gasteiger partial charge in [0.1, 0.15) is 12.4 Å². The lowest BCUT2D eigenvalue weighted by Gasteiger charge is -2.29. The van der Waals surface area contributed by atoms with Crippen LogP contribution in [0.3, 0.4) is 0 Å². The zero-order valence-corrected chi connectivity index (χ0v) is 17.1. The van der Waals surface area contributed by atoms with E-state index in [9.17, 15) is 4.79 Å². The molecule has 0 saturated carbocycles. The molecule has 0 aliphatic carbocycles. The lowest BCUT2D eigenvalue weighted by molar-refractivity contribution is -0.121. The molecule has 4 rings (SSSR count). The smallest absolute Gasteiger partial charge is 0.224 e. The van der Waals surface area contributed by atoms with E-state index in [0.29, 0.717) is 31.2 Å². The van der Waals surface area contributed by atoms with E-state index in [1.54, 1.807) is 0 Å². The first-order valence-corrected chi connectivity index (χ1v) is 9.97. The predicted octanol–water partition coefficient (Wildman–Crippen LogP) is 3.94. The Kier molecular flexibility index (Phi) is 6.97. The van der Waals surface area contributed by atoms with Gasteiger partial charge in [-0.2, -0.15) is 0 Å². The largest absolute Gasteiger partial charge is 0.489 e. The van der Waals surface area contributed by atoms with E-state index in [1.165, 1.54) is 18.4 Å². The summed E-state index contributed by atoms with van der Waals surface area (Å²) in [5.41, 5.74) is 3.37. The van der Waals surface area contributed by atoms with Crippen LogP contribution in [0.4, 0.5) is 0 Å². The lowest BCUT2D eigenvalue weighted by Crippen LogP contribution is -2.48. The second kappa shape index (κ2) is 9.44. The quantitative estimate of drug-likeness (QED) is 0.772. The van der Waals surface area contributed by atoms with Gasteiger partial charge in [-0.15, -0.1) is 12.4 Å². The molecule has 2 aliphatic rings. The molecule has 2 aromatic carbocycles. The molecule has 2 saturated heterocycles. The van der Waals surface area contributed by atoms with Gasteiger partial charge in [0.05, 0.1) is 6.42 Å². The number of fused-ring (bicyclic) bond motifs is 2. The molecule has 28 heavy (non-hydrogen) atoms. The molecular formula is C23H29ClN2O2. The zero-order valence-electron chi connectivity index (χ0n) is 16.3. The number of hydrogen-bond donors (Lipinski definition) is 2. The number of rotatable bonds is 6. The van der Waals surface area contributed by atoms with Crippen molar-refractivity contribution in [1.82, 2.24) is 10.6 Å². The molecule has 2 fully saturated rings. The number of piperidine rings is 1. The Hall–Kier alpha value is -2.04. The van der Waals surface area contributed by atoms with Crippen LogP contribution in [0.15, 0.2) is 48.5 Å².